The van der Waals surface area contributed by atoms with Crippen molar-refractivity contribution in [3.63, 3.8) is 0 Å². The summed E-state index contributed by atoms with van der Waals surface area (Å²) >= 11 is 0. The van der Waals surface area contributed by atoms with Gasteiger partial charge in [0.1, 0.15) is 0 Å². The zero-order chi connectivity index (χ0) is 19.0. The molecule has 2 atom stereocenters. The van der Waals surface area contributed by atoms with Crippen molar-refractivity contribution < 1.29 is 12.8 Å². The van der Waals surface area contributed by atoms with Crippen LogP contribution in [0.3, 0.4) is 0 Å². The van der Waals surface area contributed by atoms with Crippen LogP contribution in [0, 0.1) is 5.92 Å². The number of hydrogen-bond acceptors (Lipinski definition) is 4. The third kappa shape index (κ3) is 4.86. The summed E-state index contributed by atoms with van der Waals surface area (Å²) in [5, 5.41) is 0.135. The van der Waals surface area contributed by atoms with E-state index >= 15 is 0 Å². The van der Waals surface area contributed by atoms with Crippen LogP contribution in [-0.4, -0.2) is 70.0 Å². The molecule has 25 heavy (non-hydrogen) atoms. The smallest absolute Gasteiger partial charge is 0.216 e. The molecule has 0 unspecified atom stereocenters. The monoisotopic (exact) mass is 390 g/mol. The molecule has 0 saturated carbocycles. The molecular weight excluding hydrogens is 352 g/mol. The zero-order valence-corrected chi connectivity index (χ0v) is 19.0. The maximum atomic E-state index is 12.9. The Labute approximate surface area is 156 Å². The van der Waals surface area contributed by atoms with Gasteiger partial charge in [0.25, 0.3) is 0 Å². The summed E-state index contributed by atoms with van der Waals surface area (Å²) in [4.78, 5) is 2.36. The molecule has 0 amide bonds. The van der Waals surface area contributed by atoms with Crippen molar-refractivity contribution in [2.75, 3.05) is 32.0 Å². The number of likely N-dealkylation sites (tertiary alicyclic amines) is 1. The predicted octanol–water partition coefficient (Wildman–Crippen LogP) is 3.14. The van der Waals surface area contributed by atoms with Crippen molar-refractivity contribution in [1.82, 2.24) is 9.21 Å². The van der Waals surface area contributed by atoms with Crippen molar-refractivity contribution in [1.29, 1.82) is 0 Å². The van der Waals surface area contributed by atoms with E-state index < -0.39 is 18.3 Å². The highest BCUT2D eigenvalue weighted by Gasteiger charge is 2.45. The number of hydrogen-bond donors (Lipinski definition) is 0. The molecule has 2 heterocycles. The Bertz CT molecular complexity index is 551. The summed E-state index contributed by atoms with van der Waals surface area (Å²) in [7, 11) is -5.08. The molecule has 0 aliphatic carbocycles. The maximum Gasteiger partial charge on any atom is 0.216 e. The Morgan fingerprint density at radius 2 is 1.72 bits per heavy atom. The molecule has 148 valence electrons. The largest absolute Gasteiger partial charge is 0.415 e. The molecule has 0 spiro atoms. The molecule has 2 rings (SSSR count). The quantitative estimate of drug-likeness (QED) is 0.654. The summed E-state index contributed by atoms with van der Waals surface area (Å²) in [6.45, 7) is 18.6. The van der Waals surface area contributed by atoms with Gasteiger partial charge < -0.3 is 4.43 Å². The fourth-order valence-electron chi connectivity index (χ4n) is 3.50. The lowest BCUT2D eigenvalue weighted by molar-refractivity contribution is 0.144. The molecule has 0 aromatic carbocycles. The summed E-state index contributed by atoms with van der Waals surface area (Å²) < 4.78 is 33.9. The van der Waals surface area contributed by atoms with E-state index in [0.29, 0.717) is 13.2 Å². The molecular formula is C18H38N2O3SSi. The van der Waals surface area contributed by atoms with Gasteiger partial charge in [0, 0.05) is 18.6 Å². The second-order valence-corrected chi connectivity index (χ2v) is 16.4. The van der Waals surface area contributed by atoms with Crippen molar-refractivity contribution in [2.24, 2.45) is 5.92 Å². The summed E-state index contributed by atoms with van der Waals surface area (Å²) in [5.41, 5.74) is 0. The second-order valence-electron chi connectivity index (χ2n) is 9.63. The Morgan fingerprint density at radius 1 is 1.16 bits per heavy atom. The molecule has 2 aliphatic rings. The topological polar surface area (TPSA) is 49.9 Å². The Hall–Kier alpha value is 0.0469. The lowest BCUT2D eigenvalue weighted by atomic mass is 10.1. The minimum absolute atomic E-state index is 0.0632. The van der Waals surface area contributed by atoms with E-state index in [0.717, 1.165) is 13.1 Å². The number of sulfonamides is 1. The molecule has 2 saturated heterocycles. The van der Waals surface area contributed by atoms with Gasteiger partial charge >= 0.3 is 0 Å². The molecule has 0 aromatic rings. The van der Waals surface area contributed by atoms with Crippen LogP contribution < -0.4 is 0 Å². The minimum atomic E-state index is -3.19. The average molecular weight is 391 g/mol. The zero-order valence-electron chi connectivity index (χ0n) is 17.2. The molecule has 7 heteroatoms. The van der Waals surface area contributed by atoms with Gasteiger partial charge in [-0.3, -0.25) is 4.90 Å². The van der Waals surface area contributed by atoms with Crippen LogP contribution in [0.25, 0.3) is 0 Å². The molecule has 2 fully saturated rings. The van der Waals surface area contributed by atoms with Crippen molar-refractivity contribution in [2.45, 2.75) is 77.7 Å². The lowest BCUT2D eigenvalue weighted by Crippen LogP contribution is -2.49. The van der Waals surface area contributed by atoms with Crippen LogP contribution in [0.4, 0.5) is 0 Å². The van der Waals surface area contributed by atoms with Crippen LogP contribution in [0.15, 0.2) is 0 Å². The van der Waals surface area contributed by atoms with Gasteiger partial charge in [-0.1, -0.05) is 34.6 Å². The standard InChI is InChI=1S/C18H38N2O3SSi/c1-15(2)17(13-23-25(6,7)18(3,4)5)20-12-16(14-24(20,21)22)19-10-8-9-11-19/h15-17H,8-14H2,1-7H3/t16-,17-/m1/s1. The molecule has 0 radical (unpaired) electrons. The fraction of sp³-hybridized carbons (Fsp3) is 1.00. The van der Waals surface area contributed by atoms with E-state index in [1.807, 2.05) is 0 Å². The van der Waals surface area contributed by atoms with Gasteiger partial charge in [0.15, 0.2) is 8.32 Å². The van der Waals surface area contributed by atoms with Gasteiger partial charge in [0.05, 0.1) is 12.4 Å². The minimum Gasteiger partial charge on any atom is -0.415 e. The van der Waals surface area contributed by atoms with E-state index in [4.69, 9.17) is 4.43 Å². The Kier molecular flexibility index (Phi) is 6.47. The normalized spacial score (nSPS) is 27.3. The summed E-state index contributed by atoms with van der Waals surface area (Å²) in [5.74, 6) is 0.521. The first-order valence-corrected chi connectivity index (χ1v) is 14.2. The molecule has 0 aromatic heterocycles. The summed E-state index contributed by atoms with van der Waals surface area (Å²) in [6, 6.07) is 0.0911. The first-order valence-electron chi connectivity index (χ1n) is 9.73. The molecule has 0 N–H and O–H groups in total. The van der Waals surface area contributed by atoms with Gasteiger partial charge in [-0.15, -0.1) is 0 Å². The highest BCUT2D eigenvalue weighted by atomic mass is 32.2. The van der Waals surface area contributed by atoms with E-state index in [1.54, 1.807) is 4.31 Å². The van der Waals surface area contributed by atoms with Gasteiger partial charge in [-0.05, 0) is 50.0 Å². The average Bonchev–Trinajstić information content (AvgIpc) is 3.05. The second kappa shape index (κ2) is 7.58. The van der Waals surface area contributed by atoms with Crippen LogP contribution >= 0.6 is 0 Å². The molecule has 2 aliphatic heterocycles. The Balaban J connectivity index is 2.11. The van der Waals surface area contributed by atoms with Crippen LogP contribution in [0.2, 0.25) is 18.1 Å². The molecule has 0 bridgehead atoms. The van der Waals surface area contributed by atoms with E-state index in [9.17, 15) is 8.42 Å². The van der Waals surface area contributed by atoms with Crippen LogP contribution in [0.1, 0.15) is 47.5 Å². The molecule has 5 nitrogen and oxygen atoms in total. The van der Waals surface area contributed by atoms with Crippen molar-refractivity contribution >= 4 is 18.3 Å². The van der Waals surface area contributed by atoms with Gasteiger partial charge in [0.2, 0.25) is 10.0 Å². The highest BCUT2D eigenvalue weighted by molar-refractivity contribution is 7.89. The first-order chi connectivity index (χ1) is 11.3. The third-order valence-corrected chi connectivity index (χ3v) is 12.8. The number of rotatable bonds is 6. The highest BCUT2D eigenvalue weighted by Crippen LogP contribution is 2.37. The fourth-order valence-corrected chi connectivity index (χ4v) is 6.63. The number of nitrogens with zero attached hydrogens (tertiary/aromatic N) is 2. The van der Waals surface area contributed by atoms with Crippen LogP contribution in [-0.2, 0) is 14.4 Å². The predicted molar refractivity (Wildman–Crippen MR) is 107 cm³/mol. The summed E-state index contributed by atoms with van der Waals surface area (Å²) in [6.07, 6.45) is 2.39. The van der Waals surface area contributed by atoms with Gasteiger partial charge in [-0.25, -0.2) is 8.42 Å². The van der Waals surface area contributed by atoms with E-state index in [-0.39, 0.29) is 28.8 Å². The van der Waals surface area contributed by atoms with Crippen molar-refractivity contribution in [3.05, 3.63) is 0 Å². The van der Waals surface area contributed by atoms with Crippen molar-refractivity contribution in [3.8, 4) is 0 Å². The lowest BCUT2D eigenvalue weighted by Gasteiger charge is -2.39. The third-order valence-electron chi connectivity index (χ3n) is 6.37. The van der Waals surface area contributed by atoms with Crippen LogP contribution in [0.5, 0.6) is 0 Å². The van der Waals surface area contributed by atoms with E-state index in [2.05, 4.69) is 52.6 Å². The van der Waals surface area contributed by atoms with Gasteiger partial charge in [-0.2, -0.15) is 4.31 Å². The SMILES string of the molecule is CC(C)[C@@H](CO[Si](C)(C)C(C)(C)C)N1C[C@@H](N2CCCC2)CS1(=O)=O. The van der Waals surface area contributed by atoms with E-state index in [1.165, 1.54) is 12.8 Å². The Morgan fingerprint density at radius 3 is 2.20 bits per heavy atom. The first kappa shape index (κ1) is 21.3. The maximum absolute atomic E-state index is 12.9.